The number of aliphatic imine (C=N–C) groups is 1. The van der Waals surface area contributed by atoms with Gasteiger partial charge in [-0.3, -0.25) is 14.7 Å². The molecule has 0 spiro atoms. The lowest BCUT2D eigenvalue weighted by Crippen LogP contribution is -2.52. The van der Waals surface area contributed by atoms with Crippen molar-refractivity contribution in [3.8, 4) is 11.3 Å². The lowest BCUT2D eigenvalue weighted by Gasteiger charge is -2.40. The Morgan fingerprint density at radius 2 is 1.87 bits per heavy atom. The molecule has 3 heterocycles. The van der Waals surface area contributed by atoms with Gasteiger partial charge in [-0.05, 0) is 55.0 Å². The van der Waals surface area contributed by atoms with Gasteiger partial charge in [0.1, 0.15) is 11.4 Å². The zero-order valence-corrected chi connectivity index (χ0v) is 18.2. The van der Waals surface area contributed by atoms with Crippen molar-refractivity contribution in [2.75, 3.05) is 7.05 Å². The van der Waals surface area contributed by atoms with Crippen LogP contribution in [0.3, 0.4) is 0 Å². The molecule has 0 saturated heterocycles. The van der Waals surface area contributed by atoms with Crippen molar-refractivity contribution in [1.29, 1.82) is 0 Å². The number of halogens is 1. The van der Waals surface area contributed by atoms with Crippen LogP contribution >= 0.6 is 11.3 Å². The number of thiophene rings is 1. The lowest BCUT2D eigenvalue weighted by molar-refractivity contribution is -0.130. The summed E-state index contributed by atoms with van der Waals surface area (Å²) in [4.78, 5) is 24.7. The normalized spacial score (nSPS) is 23.7. The number of aromatic nitrogens is 1. The Morgan fingerprint density at radius 3 is 2.52 bits per heavy atom. The lowest BCUT2D eigenvalue weighted by atomic mass is 9.77. The molecule has 1 saturated carbocycles. The summed E-state index contributed by atoms with van der Waals surface area (Å²) >= 11 is 1.51. The second-order valence-corrected chi connectivity index (χ2v) is 9.36. The highest BCUT2D eigenvalue weighted by Gasteiger charge is 2.48. The van der Waals surface area contributed by atoms with Crippen LogP contribution in [0, 0.1) is 5.82 Å². The fraction of sp³-hybridized carbons (Fsp3) is 0.292. The van der Waals surface area contributed by atoms with Crippen molar-refractivity contribution in [3.05, 3.63) is 75.9 Å². The number of carbonyl (C=O) groups is 1. The number of amides is 1. The molecule has 1 amide bonds. The zero-order chi connectivity index (χ0) is 21.8. The molecule has 2 atom stereocenters. The molecule has 2 N–H and O–H groups in total. The molecule has 158 valence electrons. The maximum absolute atomic E-state index is 13.4. The van der Waals surface area contributed by atoms with Crippen LogP contribution in [0.15, 0.2) is 59.0 Å². The molecular formula is C24H23FN4OS. The SMILES string of the molecule is CN1C(=O)C(c2ccc(C3CC3)cc2)[C@@](C)(c2cc(-c3ccc(F)cn3)cs2)N=C1N. The molecule has 1 aliphatic carbocycles. The van der Waals surface area contributed by atoms with Gasteiger partial charge in [-0.1, -0.05) is 24.3 Å². The second-order valence-electron chi connectivity index (χ2n) is 8.45. The first-order valence-corrected chi connectivity index (χ1v) is 11.2. The Bertz CT molecular complexity index is 1170. The average molecular weight is 435 g/mol. The molecule has 5 rings (SSSR count). The number of nitrogens with two attached hydrogens (primary N) is 1. The van der Waals surface area contributed by atoms with Gasteiger partial charge in [0.15, 0.2) is 5.96 Å². The summed E-state index contributed by atoms with van der Waals surface area (Å²) in [6.45, 7) is 1.96. The van der Waals surface area contributed by atoms with Crippen LogP contribution in [0.4, 0.5) is 4.39 Å². The van der Waals surface area contributed by atoms with E-state index >= 15 is 0 Å². The largest absolute Gasteiger partial charge is 0.369 e. The zero-order valence-electron chi connectivity index (χ0n) is 17.4. The van der Waals surface area contributed by atoms with Crippen LogP contribution in [-0.2, 0) is 10.3 Å². The topological polar surface area (TPSA) is 71.6 Å². The summed E-state index contributed by atoms with van der Waals surface area (Å²) < 4.78 is 13.3. The highest BCUT2D eigenvalue weighted by molar-refractivity contribution is 7.10. The summed E-state index contributed by atoms with van der Waals surface area (Å²) in [5.74, 6) is -0.0935. The van der Waals surface area contributed by atoms with E-state index in [0.29, 0.717) is 11.6 Å². The number of nitrogens with zero attached hydrogens (tertiary/aromatic N) is 3. The fourth-order valence-corrected chi connectivity index (χ4v) is 5.29. The number of pyridine rings is 1. The minimum Gasteiger partial charge on any atom is -0.369 e. The van der Waals surface area contributed by atoms with E-state index in [1.54, 1.807) is 13.1 Å². The molecule has 31 heavy (non-hydrogen) atoms. The number of likely N-dealkylation sites (N-methyl/N-ethyl adjacent to an activating group) is 1. The number of benzene rings is 1. The fourth-order valence-electron chi connectivity index (χ4n) is 4.25. The number of carbonyl (C=O) groups excluding carboxylic acids is 1. The maximum Gasteiger partial charge on any atom is 0.239 e. The Kier molecular flexibility index (Phi) is 4.66. The van der Waals surface area contributed by atoms with Crippen LogP contribution in [-0.4, -0.2) is 28.8 Å². The summed E-state index contributed by atoms with van der Waals surface area (Å²) in [6, 6.07) is 13.4. The monoisotopic (exact) mass is 434 g/mol. The molecule has 1 aliphatic heterocycles. The Morgan fingerprint density at radius 1 is 1.16 bits per heavy atom. The van der Waals surface area contributed by atoms with Crippen molar-refractivity contribution < 1.29 is 9.18 Å². The molecule has 1 aromatic carbocycles. The number of rotatable bonds is 4. The highest BCUT2D eigenvalue weighted by Crippen LogP contribution is 2.47. The molecule has 1 unspecified atom stereocenters. The number of hydrogen-bond acceptors (Lipinski definition) is 5. The third-order valence-electron chi connectivity index (χ3n) is 6.27. The smallest absolute Gasteiger partial charge is 0.239 e. The molecule has 7 heteroatoms. The van der Waals surface area contributed by atoms with Crippen molar-refractivity contribution >= 4 is 23.2 Å². The molecular weight excluding hydrogens is 411 g/mol. The second kappa shape index (κ2) is 7.27. The van der Waals surface area contributed by atoms with Crippen LogP contribution in [0.1, 0.15) is 47.6 Å². The van der Waals surface area contributed by atoms with E-state index in [-0.39, 0.29) is 17.7 Å². The summed E-state index contributed by atoms with van der Waals surface area (Å²) in [5, 5.41) is 1.96. The van der Waals surface area contributed by atoms with Crippen molar-refractivity contribution in [2.45, 2.75) is 37.1 Å². The van der Waals surface area contributed by atoms with E-state index in [1.165, 1.54) is 46.9 Å². The van der Waals surface area contributed by atoms with E-state index in [2.05, 4.69) is 29.2 Å². The van der Waals surface area contributed by atoms with Crippen molar-refractivity contribution in [2.24, 2.45) is 10.7 Å². The summed E-state index contributed by atoms with van der Waals surface area (Å²) in [5.41, 5.74) is 9.08. The predicted octanol–water partition coefficient (Wildman–Crippen LogP) is 4.61. The third kappa shape index (κ3) is 3.43. The molecule has 3 aromatic rings. The maximum atomic E-state index is 13.4. The van der Waals surface area contributed by atoms with Gasteiger partial charge >= 0.3 is 0 Å². The predicted molar refractivity (Wildman–Crippen MR) is 120 cm³/mol. The van der Waals surface area contributed by atoms with E-state index in [9.17, 15) is 9.18 Å². The minimum atomic E-state index is -0.849. The van der Waals surface area contributed by atoms with E-state index in [1.807, 2.05) is 18.4 Å². The summed E-state index contributed by atoms with van der Waals surface area (Å²) in [7, 11) is 1.66. The molecule has 5 nitrogen and oxygen atoms in total. The van der Waals surface area contributed by atoms with E-state index in [0.717, 1.165) is 16.0 Å². The molecule has 2 aliphatic rings. The average Bonchev–Trinajstić information content (AvgIpc) is 3.49. The first-order valence-electron chi connectivity index (χ1n) is 10.3. The first kappa shape index (κ1) is 19.9. The number of hydrogen-bond donors (Lipinski definition) is 1. The van der Waals surface area contributed by atoms with Crippen LogP contribution in [0.5, 0.6) is 0 Å². The van der Waals surface area contributed by atoms with Gasteiger partial charge in [-0.2, -0.15) is 0 Å². The highest BCUT2D eigenvalue weighted by atomic mass is 32.1. The molecule has 0 bridgehead atoms. The quantitative estimate of drug-likeness (QED) is 0.652. The van der Waals surface area contributed by atoms with E-state index in [4.69, 9.17) is 10.7 Å². The van der Waals surface area contributed by atoms with Gasteiger partial charge in [-0.25, -0.2) is 9.38 Å². The molecule has 1 fully saturated rings. The Labute approximate surface area is 184 Å². The third-order valence-corrected chi connectivity index (χ3v) is 7.43. The summed E-state index contributed by atoms with van der Waals surface area (Å²) in [6.07, 6.45) is 3.67. The molecule has 2 aromatic heterocycles. The van der Waals surface area contributed by atoms with Gasteiger partial charge in [0, 0.05) is 22.9 Å². The first-order chi connectivity index (χ1) is 14.9. The molecule has 0 radical (unpaired) electrons. The number of guanidine groups is 1. The van der Waals surface area contributed by atoms with Gasteiger partial charge in [0.05, 0.1) is 17.8 Å². The van der Waals surface area contributed by atoms with Gasteiger partial charge in [-0.15, -0.1) is 11.3 Å². The van der Waals surface area contributed by atoms with Crippen molar-refractivity contribution in [3.63, 3.8) is 0 Å². The van der Waals surface area contributed by atoms with Gasteiger partial charge in [0.25, 0.3) is 0 Å². The van der Waals surface area contributed by atoms with Gasteiger partial charge in [0.2, 0.25) is 5.91 Å². The van der Waals surface area contributed by atoms with E-state index < -0.39 is 11.5 Å². The Balaban J connectivity index is 1.58. The standard InChI is InChI=1S/C24H23FN4OS/c1-24(20-11-17(13-31-20)19-10-9-18(25)12-27-19)21(22(30)29(2)23(26)28-24)16-7-5-15(6-8-16)14-3-4-14/h5-14,21H,3-4H2,1-2H3,(H2,26,28)/t21?,24-/m1/s1. The van der Waals surface area contributed by atoms with Crippen LogP contribution in [0.25, 0.3) is 11.3 Å². The van der Waals surface area contributed by atoms with Crippen LogP contribution in [0.2, 0.25) is 0 Å². The van der Waals surface area contributed by atoms with Gasteiger partial charge < -0.3 is 5.73 Å². The van der Waals surface area contributed by atoms with Crippen LogP contribution < -0.4 is 5.73 Å². The minimum absolute atomic E-state index is 0.0796. The van der Waals surface area contributed by atoms with Crippen molar-refractivity contribution in [1.82, 2.24) is 9.88 Å². The Hall–Kier alpha value is -3.06.